The highest BCUT2D eigenvalue weighted by atomic mass is 16.5. The molecular formula is C15H15N3O5. The Balaban J connectivity index is 1.90. The SMILES string of the molecule is COc1c(Nc2cc(=O)c2=O)ccnc1C(=O)N1CCOCC1. The highest BCUT2D eigenvalue weighted by Gasteiger charge is 2.25. The van der Waals surface area contributed by atoms with Gasteiger partial charge in [-0.25, -0.2) is 4.98 Å². The van der Waals surface area contributed by atoms with E-state index in [1.54, 1.807) is 11.0 Å². The number of morpholine rings is 1. The summed E-state index contributed by atoms with van der Waals surface area (Å²) < 4.78 is 10.5. The van der Waals surface area contributed by atoms with Gasteiger partial charge in [-0.1, -0.05) is 0 Å². The molecule has 2 aromatic rings. The van der Waals surface area contributed by atoms with Gasteiger partial charge in [0, 0.05) is 25.4 Å². The first-order chi connectivity index (χ1) is 11.1. The fraction of sp³-hybridized carbons (Fsp3) is 0.333. The number of carbonyl (C=O) groups is 1. The van der Waals surface area contributed by atoms with E-state index in [-0.39, 0.29) is 23.0 Å². The maximum Gasteiger partial charge on any atom is 0.276 e. The van der Waals surface area contributed by atoms with E-state index in [1.165, 1.54) is 19.4 Å². The Bertz CT molecular complexity index is 804. The van der Waals surface area contributed by atoms with Crippen molar-refractivity contribution >= 4 is 17.3 Å². The van der Waals surface area contributed by atoms with Gasteiger partial charge in [0.1, 0.15) is 0 Å². The summed E-state index contributed by atoms with van der Waals surface area (Å²) in [5, 5.41) is 2.81. The first-order valence-corrected chi connectivity index (χ1v) is 7.09. The minimum Gasteiger partial charge on any atom is -0.492 e. The van der Waals surface area contributed by atoms with Gasteiger partial charge in [-0.05, 0) is 6.07 Å². The molecule has 1 aromatic carbocycles. The van der Waals surface area contributed by atoms with Gasteiger partial charge in [-0.3, -0.25) is 14.4 Å². The van der Waals surface area contributed by atoms with Crippen LogP contribution in [0.2, 0.25) is 0 Å². The Morgan fingerprint density at radius 2 is 2.04 bits per heavy atom. The van der Waals surface area contributed by atoms with Crippen LogP contribution in [0.25, 0.3) is 0 Å². The zero-order valence-electron chi connectivity index (χ0n) is 12.5. The van der Waals surface area contributed by atoms with Crippen LogP contribution in [0.4, 0.5) is 11.4 Å². The monoisotopic (exact) mass is 317 g/mol. The lowest BCUT2D eigenvalue weighted by molar-refractivity contribution is 0.0297. The minimum absolute atomic E-state index is 0.151. The minimum atomic E-state index is -0.593. The van der Waals surface area contributed by atoms with Crippen LogP contribution >= 0.6 is 0 Å². The number of aromatic nitrogens is 1. The van der Waals surface area contributed by atoms with Gasteiger partial charge in [0.2, 0.25) is 10.9 Å². The first-order valence-electron chi connectivity index (χ1n) is 7.09. The Kier molecular flexibility index (Phi) is 4.07. The lowest BCUT2D eigenvalue weighted by Gasteiger charge is -2.27. The van der Waals surface area contributed by atoms with E-state index in [0.717, 1.165) is 0 Å². The summed E-state index contributed by atoms with van der Waals surface area (Å²) >= 11 is 0. The van der Waals surface area contributed by atoms with E-state index < -0.39 is 10.9 Å². The molecule has 0 saturated carbocycles. The van der Waals surface area contributed by atoms with E-state index in [9.17, 15) is 14.4 Å². The summed E-state index contributed by atoms with van der Waals surface area (Å²) in [5.41, 5.74) is -0.413. The fourth-order valence-corrected chi connectivity index (χ4v) is 2.38. The van der Waals surface area contributed by atoms with Crippen molar-refractivity contribution in [2.75, 3.05) is 38.7 Å². The smallest absolute Gasteiger partial charge is 0.276 e. The van der Waals surface area contributed by atoms with Gasteiger partial charge in [0.15, 0.2) is 11.4 Å². The van der Waals surface area contributed by atoms with E-state index in [4.69, 9.17) is 9.47 Å². The Labute approximate surface area is 131 Å². The number of hydrogen-bond donors (Lipinski definition) is 1. The number of nitrogens with zero attached hydrogens (tertiary/aromatic N) is 2. The van der Waals surface area contributed by atoms with Gasteiger partial charge in [0.25, 0.3) is 5.91 Å². The third kappa shape index (κ3) is 2.80. The summed E-state index contributed by atoms with van der Waals surface area (Å²) in [5.74, 6) is -0.0316. The van der Waals surface area contributed by atoms with Crippen molar-refractivity contribution in [3.63, 3.8) is 0 Å². The van der Waals surface area contributed by atoms with Crippen molar-refractivity contribution < 1.29 is 14.3 Å². The molecule has 1 saturated heterocycles. The van der Waals surface area contributed by atoms with Crippen LogP contribution in [-0.4, -0.2) is 49.2 Å². The lowest BCUT2D eigenvalue weighted by Crippen LogP contribution is -2.41. The van der Waals surface area contributed by atoms with E-state index in [0.29, 0.717) is 32.0 Å². The van der Waals surface area contributed by atoms with Crippen LogP contribution in [-0.2, 0) is 4.74 Å². The molecule has 1 amide bonds. The molecule has 8 nitrogen and oxygen atoms in total. The zero-order valence-corrected chi connectivity index (χ0v) is 12.5. The third-order valence-electron chi connectivity index (χ3n) is 3.62. The normalized spacial score (nSPS) is 14.7. The maximum atomic E-state index is 12.6. The third-order valence-corrected chi connectivity index (χ3v) is 3.62. The van der Waals surface area contributed by atoms with Crippen LogP contribution in [0.15, 0.2) is 27.9 Å². The molecule has 0 bridgehead atoms. The summed E-state index contributed by atoms with van der Waals surface area (Å²) in [6.45, 7) is 1.93. The van der Waals surface area contributed by atoms with Crippen LogP contribution in [0, 0.1) is 0 Å². The molecular weight excluding hydrogens is 302 g/mol. The average Bonchev–Trinajstić information content (AvgIpc) is 2.61. The molecule has 2 heterocycles. The summed E-state index contributed by atoms with van der Waals surface area (Å²) in [6, 6.07) is 2.78. The van der Waals surface area contributed by atoms with Crippen LogP contribution in [0.1, 0.15) is 10.5 Å². The summed E-state index contributed by atoms with van der Waals surface area (Å²) in [6.07, 6.45) is 1.45. The number of ether oxygens (including phenoxy) is 2. The summed E-state index contributed by atoms with van der Waals surface area (Å²) in [4.78, 5) is 40.7. The van der Waals surface area contributed by atoms with Gasteiger partial charge in [-0.15, -0.1) is 0 Å². The predicted molar refractivity (Wildman–Crippen MR) is 82.1 cm³/mol. The van der Waals surface area contributed by atoms with Gasteiger partial charge in [-0.2, -0.15) is 0 Å². The molecule has 1 aliphatic rings. The second-order valence-corrected chi connectivity index (χ2v) is 5.02. The quantitative estimate of drug-likeness (QED) is 0.786. The highest BCUT2D eigenvalue weighted by molar-refractivity contribution is 5.97. The van der Waals surface area contributed by atoms with Crippen molar-refractivity contribution in [2.45, 2.75) is 0 Å². The standard InChI is InChI=1S/C15H15N3O5/c1-22-14-9(17-10-8-11(19)13(10)20)2-3-16-12(14)15(21)18-4-6-23-7-5-18/h2-3,8H,4-7H2,1H3,(H,16,17). The molecule has 3 rings (SSSR count). The van der Waals surface area contributed by atoms with E-state index in [1.807, 2.05) is 0 Å². The molecule has 0 aliphatic carbocycles. The zero-order chi connectivity index (χ0) is 16.4. The van der Waals surface area contributed by atoms with Gasteiger partial charge in [0.05, 0.1) is 31.7 Å². The second-order valence-electron chi connectivity index (χ2n) is 5.02. The summed E-state index contributed by atoms with van der Waals surface area (Å²) in [7, 11) is 1.42. The Hall–Kier alpha value is -2.74. The Morgan fingerprint density at radius 3 is 2.65 bits per heavy atom. The molecule has 1 aliphatic heterocycles. The molecule has 23 heavy (non-hydrogen) atoms. The Morgan fingerprint density at radius 1 is 1.30 bits per heavy atom. The number of nitrogens with one attached hydrogen (secondary N) is 1. The number of anilines is 2. The number of amides is 1. The molecule has 1 N–H and O–H groups in total. The van der Waals surface area contributed by atoms with Crippen molar-refractivity contribution in [3.8, 4) is 5.75 Å². The average molecular weight is 317 g/mol. The largest absolute Gasteiger partial charge is 0.492 e. The number of methoxy groups -OCH3 is 1. The molecule has 0 unspecified atom stereocenters. The molecule has 120 valence electrons. The van der Waals surface area contributed by atoms with Crippen LogP contribution in [0.5, 0.6) is 5.75 Å². The number of pyridine rings is 1. The van der Waals surface area contributed by atoms with Crippen molar-refractivity contribution in [1.29, 1.82) is 0 Å². The van der Waals surface area contributed by atoms with Gasteiger partial charge >= 0.3 is 0 Å². The highest BCUT2D eigenvalue weighted by Crippen LogP contribution is 2.30. The number of carbonyl (C=O) groups excluding carboxylic acids is 1. The van der Waals surface area contributed by atoms with Crippen LogP contribution < -0.4 is 20.9 Å². The number of hydrogen-bond acceptors (Lipinski definition) is 7. The first kappa shape index (κ1) is 15.2. The lowest BCUT2D eigenvalue weighted by atomic mass is 10.2. The second kappa shape index (κ2) is 6.17. The molecule has 1 aromatic heterocycles. The van der Waals surface area contributed by atoms with Crippen LogP contribution in [0.3, 0.4) is 0 Å². The molecule has 0 spiro atoms. The fourth-order valence-electron chi connectivity index (χ4n) is 2.38. The van der Waals surface area contributed by atoms with Crippen molar-refractivity contribution in [3.05, 3.63) is 44.5 Å². The van der Waals surface area contributed by atoms with Crippen molar-refractivity contribution in [2.24, 2.45) is 0 Å². The maximum absolute atomic E-state index is 12.6. The molecule has 0 atom stereocenters. The predicted octanol–water partition coefficient (Wildman–Crippen LogP) is -0.0978. The van der Waals surface area contributed by atoms with E-state index in [2.05, 4.69) is 10.3 Å². The number of rotatable bonds is 4. The van der Waals surface area contributed by atoms with E-state index >= 15 is 0 Å². The van der Waals surface area contributed by atoms with Crippen molar-refractivity contribution in [1.82, 2.24) is 9.88 Å². The molecule has 0 radical (unpaired) electrons. The molecule has 1 fully saturated rings. The topological polar surface area (TPSA) is 97.8 Å². The van der Waals surface area contributed by atoms with Gasteiger partial charge < -0.3 is 19.7 Å². The molecule has 8 heteroatoms.